The highest BCUT2D eigenvalue weighted by molar-refractivity contribution is 5.90. The van der Waals surface area contributed by atoms with Crippen molar-refractivity contribution in [1.82, 2.24) is 20.5 Å². The number of rotatable bonds is 4. The molecule has 1 amide bonds. The second-order valence-electron chi connectivity index (χ2n) is 3.72. The summed E-state index contributed by atoms with van der Waals surface area (Å²) < 4.78 is 5.44. The normalized spacial score (nSPS) is 19.9. The Hall–Kier alpha value is -1.63. The minimum Gasteiger partial charge on any atom is -0.378 e. The maximum Gasteiger partial charge on any atom is 0.288 e. The molecule has 1 aromatic rings. The predicted octanol–water partition coefficient (Wildman–Crippen LogP) is -0.314. The summed E-state index contributed by atoms with van der Waals surface area (Å²) in [6.07, 6.45) is 3.29. The van der Waals surface area contributed by atoms with E-state index in [0.29, 0.717) is 6.54 Å². The molecule has 1 aromatic heterocycles. The van der Waals surface area contributed by atoms with E-state index >= 15 is 0 Å². The van der Waals surface area contributed by atoms with E-state index in [2.05, 4.69) is 20.5 Å². The zero-order valence-corrected chi connectivity index (χ0v) is 8.90. The van der Waals surface area contributed by atoms with E-state index in [0.717, 1.165) is 25.9 Å². The number of nitrogens with two attached hydrogens (primary N) is 1. The number of anilines is 1. The van der Waals surface area contributed by atoms with Crippen molar-refractivity contribution < 1.29 is 9.53 Å². The number of nitrogens with zero attached hydrogens (tertiary/aromatic N) is 2. The van der Waals surface area contributed by atoms with Crippen molar-refractivity contribution in [1.29, 1.82) is 0 Å². The van der Waals surface area contributed by atoms with E-state index in [1.165, 1.54) is 0 Å². The number of nitrogens with one attached hydrogen (secondary N) is 2. The largest absolute Gasteiger partial charge is 0.378 e. The molecule has 0 aromatic carbocycles. The number of H-pyrrole nitrogens is 1. The Kier molecular flexibility index (Phi) is 3.35. The summed E-state index contributed by atoms with van der Waals surface area (Å²) in [5, 5.41) is 8.76. The van der Waals surface area contributed by atoms with Crippen LogP contribution in [0.25, 0.3) is 0 Å². The molecule has 1 fully saturated rings. The van der Waals surface area contributed by atoms with Gasteiger partial charge in [-0.15, -0.1) is 5.10 Å². The summed E-state index contributed by atoms with van der Waals surface area (Å²) in [5.74, 6) is -0.0729. The van der Waals surface area contributed by atoms with Crippen LogP contribution in [-0.2, 0) is 4.74 Å². The first-order chi connectivity index (χ1) is 7.75. The Morgan fingerprint density at radius 3 is 3.19 bits per heavy atom. The summed E-state index contributed by atoms with van der Waals surface area (Å²) >= 11 is 0. The lowest BCUT2D eigenvalue weighted by Crippen LogP contribution is -2.27. The van der Waals surface area contributed by atoms with Crippen molar-refractivity contribution in [2.75, 3.05) is 18.9 Å². The zero-order valence-electron chi connectivity index (χ0n) is 8.90. The Morgan fingerprint density at radius 1 is 1.69 bits per heavy atom. The Labute approximate surface area is 92.8 Å². The lowest BCUT2D eigenvalue weighted by atomic mass is 10.2. The number of hydrogen-bond acceptors (Lipinski definition) is 5. The van der Waals surface area contributed by atoms with Crippen LogP contribution in [0, 0.1) is 0 Å². The summed E-state index contributed by atoms with van der Waals surface area (Å²) in [5.41, 5.74) is 5.29. The van der Waals surface area contributed by atoms with Crippen molar-refractivity contribution in [3.8, 4) is 0 Å². The van der Waals surface area contributed by atoms with Gasteiger partial charge in [-0.1, -0.05) is 0 Å². The van der Waals surface area contributed by atoms with Crippen molar-refractivity contribution in [2.45, 2.75) is 25.4 Å². The maximum absolute atomic E-state index is 11.5. The molecule has 4 N–H and O–H groups in total. The number of hydrogen-bond donors (Lipinski definition) is 3. The van der Waals surface area contributed by atoms with Gasteiger partial charge in [-0.2, -0.15) is 4.98 Å². The van der Waals surface area contributed by atoms with Crippen LogP contribution in [0.1, 0.15) is 29.9 Å². The van der Waals surface area contributed by atoms with E-state index < -0.39 is 0 Å². The smallest absolute Gasteiger partial charge is 0.288 e. The van der Waals surface area contributed by atoms with Gasteiger partial charge in [0.05, 0.1) is 6.10 Å². The summed E-state index contributed by atoms with van der Waals surface area (Å²) in [6, 6.07) is 0. The SMILES string of the molecule is Nc1n[nH]c(C(=O)NCCC2CCCO2)n1. The van der Waals surface area contributed by atoms with Gasteiger partial charge >= 0.3 is 0 Å². The highest BCUT2D eigenvalue weighted by Gasteiger charge is 2.16. The molecule has 0 aliphatic carbocycles. The van der Waals surface area contributed by atoms with Gasteiger partial charge in [-0.25, -0.2) is 0 Å². The van der Waals surface area contributed by atoms with Crippen LogP contribution in [-0.4, -0.2) is 40.3 Å². The number of amides is 1. The average Bonchev–Trinajstić information content (AvgIpc) is 2.89. The number of ether oxygens (including phenoxy) is 1. The molecule has 16 heavy (non-hydrogen) atoms. The fraction of sp³-hybridized carbons (Fsp3) is 0.667. The number of carbonyl (C=O) groups is 1. The maximum atomic E-state index is 11.5. The van der Waals surface area contributed by atoms with Crippen LogP contribution in [0.2, 0.25) is 0 Å². The van der Waals surface area contributed by atoms with Crippen LogP contribution >= 0.6 is 0 Å². The number of carbonyl (C=O) groups excluding carboxylic acids is 1. The molecule has 0 spiro atoms. The van der Waals surface area contributed by atoms with Crippen LogP contribution in [0.3, 0.4) is 0 Å². The van der Waals surface area contributed by atoms with Crippen molar-refractivity contribution in [2.24, 2.45) is 0 Å². The van der Waals surface area contributed by atoms with E-state index in [9.17, 15) is 4.79 Å². The van der Waals surface area contributed by atoms with Crippen LogP contribution in [0.15, 0.2) is 0 Å². The minimum absolute atomic E-state index is 0.0734. The lowest BCUT2D eigenvalue weighted by Gasteiger charge is -2.08. The molecule has 7 nitrogen and oxygen atoms in total. The van der Waals surface area contributed by atoms with E-state index in [4.69, 9.17) is 10.5 Å². The quantitative estimate of drug-likeness (QED) is 0.651. The summed E-state index contributed by atoms with van der Waals surface area (Å²) in [7, 11) is 0. The predicted molar refractivity (Wildman–Crippen MR) is 56.7 cm³/mol. The van der Waals surface area contributed by atoms with Crippen LogP contribution in [0.5, 0.6) is 0 Å². The molecule has 88 valence electrons. The van der Waals surface area contributed by atoms with Crippen LogP contribution in [0.4, 0.5) is 5.95 Å². The first-order valence-corrected chi connectivity index (χ1v) is 5.33. The third kappa shape index (κ3) is 2.69. The van der Waals surface area contributed by atoms with Crippen molar-refractivity contribution in [3.63, 3.8) is 0 Å². The molecular weight excluding hydrogens is 210 g/mol. The minimum atomic E-state index is -0.290. The van der Waals surface area contributed by atoms with Gasteiger partial charge in [0.2, 0.25) is 11.8 Å². The zero-order chi connectivity index (χ0) is 11.4. The van der Waals surface area contributed by atoms with E-state index in [1.807, 2.05) is 0 Å². The first-order valence-electron chi connectivity index (χ1n) is 5.33. The standard InChI is InChI=1S/C9H15N5O2/c10-9-12-7(13-14-9)8(15)11-4-3-6-2-1-5-16-6/h6H,1-5H2,(H,11,15)(H3,10,12,13,14). The van der Waals surface area contributed by atoms with Gasteiger partial charge in [0, 0.05) is 13.2 Å². The topological polar surface area (TPSA) is 106 Å². The van der Waals surface area contributed by atoms with Crippen molar-refractivity contribution in [3.05, 3.63) is 5.82 Å². The highest BCUT2D eigenvalue weighted by atomic mass is 16.5. The molecule has 1 aliphatic rings. The Bertz CT molecular complexity index is 359. The summed E-state index contributed by atoms with van der Waals surface area (Å²) in [6.45, 7) is 1.40. The second kappa shape index (κ2) is 4.93. The molecular formula is C9H15N5O2. The van der Waals surface area contributed by atoms with E-state index in [1.54, 1.807) is 0 Å². The first kappa shape index (κ1) is 10.9. The van der Waals surface area contributed by atoms with Gasteiger partial charge in [0.25, 0.3) is 5.91 Å². The highest BCUT2D eigenvalue weighted by Crippen LogP contribution is 2.14. The van der Waals surface area contributed by atoms with Crippen LogP contribution < -0.4 is 11.1 Å². The lowest BCUT2D eigenvalue weighted by molar-refractivity contribution is 0.0899. The van der Waals surface area contributed by atoms with Crippen molar-refractivity contribution >= 4 is 11.9 Å². The molecule has 1 saturated heterocycles. The fourth-order valence-electron chi connectivity index (χ4n) is 1.68. The van der Waals surface area contributed by atoms with E-state index in [-0.39, 0.29) is 23.8 Å². The average molecular weight is 225 g/mol. The molecule has 1 unspecified atom stereocenters. The molecule has 1 aliphatic heterocycles. The molecule has 2 rings (SSSR count). The van der Waals surface area contributed by atoms with Gasteiger partial charge in [0.15, 0.2) is 0 Å². The molecule has 0 bridgehead atoms. The third-order valence-electron chi connectivity index (χ3n) is 2.49. The molecule has 7 heteroatoms. The molecule has 0 radical (unpaired) electrons. The van der Waals surface area contributed by atoms with Gasteiger partial charge in [-0.05, 0) is 19.3 Å². The number of aromatic nitrogens is 3. The Balaban J connectivity index is 1.71. The van der Waals surface area contributed by atoms with Gasteiger partial charge in [-0.3, -0.25) is 9.89 Å². The monoisotopic (exact) mass is 225 g/mol. The molecule has 0 saturated carbocycles. The number of aromatic amines is 1. The molecule has 1 atom stereocenters. The fourth-order valence-corrected chi connectivity index (χ4v) is 1.68. The van der Waals surface area contributed by atoms with Gasteiger partial charge in [0.1, 0.15) is 0 Å². The number of nitrogen functional groups attached to an aromatic ring is 1. The second-order valence-corrected chi connectivity index (χ2v) is 3.72. The van der Waals surface area contributed by atoms with Gasteiger partial charge < -0.3 is 15.8 Å². The molecule has 2 heterocycles. The third-order valence-corrected chi connectivity index (χ3v) is 2.49. The Morgan fingerprint density at radius 2 is 2.56 bits per heavy atom. The summed E-state index contributed by atoms with van der Waals surface area (Å²) in [4.78, 5) is 15.2.